The van der Waals surface area contributed by atoms with Crippen molar-refractivity contribution in [2.45, 2.75) is 34.6 Å². The van der Waals surface area contributed by atoms with Crippen molar-refractivity contribution in [3.05, 3.63) is 99.7 Å². The summed E-state index contributed by atoms with van der Waals surface area (Å²) in [6, 6.07) is 8.52. The minimum atomic E-state index is 0.855. The number of nitrogens with one attached hydrogen (secondary N) is 1. The number of likely N-dealkylation sites (N-methyl/N-ethyl adjacent to an activating group) is 1. The lowest BCUT2D eigenvalue weighted by Gasteiger charge is -2.08. The summed E-state index contributed by atoms with van der Waals surface area (Å²) in [6.45, 7) is 11.2. The fourth-order valence-electron chi connectivity index (χ4n) is 2.22. The second-order valence-electron chi connectivity index (χ2n) is 6.23. The van der Waals surface area contributed by atoms with E-state index in [1.807, 2.05) is 19.1 Å². The number of rotatable bonds is 8. The van der Waals surface area contributed by atoms with Crippen LogP contribution < -0.4 is 5.32 Å². The molecule has 0 fully saturated rings. The molecular formula is C24H31NS. The van der Waals surface area contributed by atoms with Crippen molar-refractivity contribution in [2.24, 2.45) is 0 Å². The van der Waals surface area contributed by atoms with Crippen molar-refractivity contribution in [1.29, 1.82) is 0 Å². The van der Waals surface area contributed by atoms with Gasteiger partial charge in [0, 0.05) is 17.1 Å². The van der Waals surface area contributed by atoms with Crippen LogP contribution in [-0.2, 0) is 0 Å². The van der Waals surface area contributed by atoms with Gasteiger partial charge in [0.05, 0.1) is 0 Å². The molecule has 0 heterocycles. The molecule has 26 heavy (non-hydrogen) atoms. The van der Waals surface area contributed by atoms with Gasteiger partial charge in [-0.1, -0.05) is 77.4 Å². The monoisotopic (exact) mass is 365 g/mol. The van der Waals surface area contributed by atoms with E-state index in [9.17, 15) is 0 Å². The molecule has 138 valence electrons. The molecule has 0 saturated carbocycles. The largest absolute Gasteiger partial charge is 0.384 e. The normalized spacial score (nSPS) is 14.5. The summed E-state index contributed by atoms with van der Waals surface area (Å²) in [4.78, 5) is 0.919. The quantitative estimate of drug-likeness (QED) is 0.382. The average molecular weight is 366 g/mol. The molecule has 1 N–H and O–H groups in total. The molecule has 0 radical (unpaired) electrons. The van der Waals surface area contributed by atoms with Gasteiger partial charge >= 0.3 is 0 Å². The van der Waals surface area contributed by atoms with Gasteiger partial charge in [0.2, 0.25) is 0 Å². The molecule has 0 bridgehead atoms. The predicted molar refractivity (Wildman–Crippen MR) is 121 cm³/mol. The summed E-state index contributed by atoms with van der Waals surface area (Å²) in [6.07, 6.45) is 16.7. The van der Waals surface area contributed by atoms with Crippen molar-refractivity contribution >= 4 is 18.7 Å². The predicted octanol–water partition coefficient (Wildman–Crippen LogP) is 6.78. The number of hydrogen-bond acceptors (Lipinski definition) is 2. The van der Waals surface area contributed by atoms with Crippen LogP contribution in [0.5, 0.6) is 0 Å². The van der Waals surface area contributed by atoms with Crippen LogP contribution in [0.2, 0.25) is 0 Å². The first-order chi connectivity index (χ1) is 12.5. The summed E-state index contributed by atoms with van der Waals surface area (Å²) in [7, 11) is 0. The maximum Gasteiger partial charge on any atom is 0.0475 e. The van der Waals surface area contributed by atoms with Gasteiger partial charge < -0.3 is 5.32 Å². The minimum Gasteiger partial charge on any atom is -0.384 e. The number of thiol groups is 1. The number of aryl methyl sites for hydroxylation is 1. The van der Waals surface area contributed by atoms with E-state index in [2.05, 4.69) is 106 Å². The zero-order valence-electron chi connectivity index (χ0n) is 16.6. The molecule has 2 heteroatoms. The molecular weight excluding hydrogens is 334 g/mol. The Morgan fingerprint density at radius 2 is 1.58 bits per heavy atom. The summed E-state index contributed by atoms with van der Waals surface area (Å²) < 4.78 is 0. The molecule has 0 atom stereocenters. The molecule has 0 unspecified atom stereocenters. The van der Waals surface area contributed by atoms with Crippen molar-refractivity contribution in [3.63, 3.8) is 0 Å². The van der Waals surface area contributed by atoms with Crippen molar-refractivity contribution in [1.82, 2.24) is 5.32 Å². The Kier molecular flexibility index (Phi) is 10.3. The molecule has 1 nitrogen and oxygen atoms in total. The maximum atomic E-state index is 4.64. The molecule has 1 rings (SSSR count). The van der Waals surface area contributed by atoms with E-state index >= 15 is 0 Å². The van der Waals surface area contributed by atoms with Gasteiger partial charge in [0.1, 0.15) is 0 Å². The van der Waals surface area contributed by atoms with Crippen LogP contribution in [0.1, 0.15) is 38.8 Å². The molecule has 0 amide bonds. The van der Waals surface area contributed by atoms with Crippen LogP contribution >= 0.6 is 12.6 Å². The first-order valence-corrected chi connectivity index (χ1v) is 9.48. The Morgan fingerprint density at radius 3 is 2.19 bits per heavy atom. The van der Waals surface area contributed by atoms with Gasteiger partial charge in [-0.3, -0.25) is 0 Å². The molecule has 0 aliphatic rings. The average Bonchev–Trinajstić information content (AvgIpc) is 2.63. The van der Waals surface area contributed by atoms with E-state index < -0.39 is 0 Å². The zero-order chi connectivity index (χ0) is 19.4. The van der Waals surface area contributed by atoms with Gasteiger partial charge in [-0.15, -0.1) is 12.6 Å². The lowest BCUT2D eigenvalue weighted by atomic mass is 10.1. The molecule has 0 aliphatic carbocycles. The number of allylic oxidation sites excluding steroid dienone is 9. The third-order valence-electron chi connectivity index (χ3n) is 3.71. The Hall–Kier alpha value is -2.19. The number of benzene rings is 1. The third kappa shape index (κ3) is 8.77. The first kappa shape index (κ1) is 21.9. The van der Waals surface area contributed by atoms with Gasteiger partial charge in [-0.2, -0.15) is 0 Å². The Labute approximate surface area is 165 Å². The second-order valence-corrected chi connectivity index (χ2v) is 6.71. The number of hydrogen-bond donors (Lipinski definition) is 2. The SMILES string of the molecule is C/C=C/C(C)=C/C=C(S)/C(=C/C=C(C)/C=C/c1ccc(C)cc1)NCC. The van der Waals surface area contributed by atoms with Crippen LogP contribution in [0.15, 0.2) is 88.5 Å². The van der Waals surface area contributed by atoms with Crippen molar-refractivity contribution in [3.8, 4) is 0 Å². The second kappa shape index (κ2) is 12.2. The molecule has 0 spiro atoms. The van der Waals surface area contributed by atoms with Crippen LogP contribution in [-0.4, -0.2) is 6.54 Å². The van der Waals surface area contributed by atoms with Crippen molar-refractivity contribution in [2.75, 3.05) is 6.54 Å². The standard InChI is InChI=1S/C24H31NS/c1-6-8-19(3)13-18-24(26)23(25-7-2)17-12-21(5)11-16-22-14-9-20(4)10-15-22/h6,8-18,25-26H,7H2,1-5H3/b8-6+,16-11+,19-13+,21-12+,23-17-,24-18-. The Bertz CT molecular complexity index is 741. The van der Waals surface area contributed by atoms with Gasteiger partial charge in [-0.05, 0) is 52.3 Å². The van der Waals surface area contributed by atoms with Crippen molar-refractivity contribution < 1.29 is 0 Å². The van der Waals surface area contributed by atoms with Crippen LogP contribution in [0, 0.1) is 6.92 Å². The van der Waals surface area contributed by atoms with Crippen LogP contribution in [0.4, 0.5) is 0 Å². The smallest absolute Gasteiger partial charge is 0.0475 e. The highest BCUT2D eigenvalue weighted by molar-refractivity contribution is 7.84. The van der Waals surface area contributed by atoms with E-state index in [1.165, 1.54) is 22.3 Å². The van der Waals surface area contributed by atoms with E-state index in [4.69, 9.17) is 0 Å². The van der Waals surface area contributed by atoms with Crippen LogP contribution in [0.25, 0.3) is 6.08 Å². The maximum absolute atomic E-state index is 4.64. The zero-order valence-corrected chi connectivity index (χ0v) is 17.5. The highest BCUT2D eigenvalue weighted by Gasteiger charge is 1.97. The summed E-state index contributed by atoms with van der Waals surface area (Å²) >= 11 is 4.64. The van der Waals surface area contributed by atoms with Gasteiger partial charge in [0.25, 0.3) is 0 Å². The summed E-state index contributed by atoms with van der Waals surface area (Å²) in [5.74, 6) is 0. The van der Waals surface area contributed by atoms with E-state index in [0.29, 0.717) is 0 Å². The topological polar surface area (TPSA) is 12.0 Å². The minimum absolute atomic E-state index is 0.855. The molecule has 1 aromatic carbocycles. The van der Waals surface area contributed by atoms with Crippen LogP contribution in [0.3, 0.4) is 0 Å². The van der Waals surface area contributed by atoms with Gasteiger partial charge in [-0.25, -0.2) is 0 Å². The molecule has 0 saturated heterocycles. The molecule has 1 aromatic rings. The molecule has 0 aromatic heterocycles. The first-order valence-electron chi connectivity index (χ1n) is 9.04. The Morgan fingerprint density at radius 1 is 0.962 bits per heavy atom. The summed E-state index contributed by atoms with van der Waals surface area (Å²) in [5, 5.41) is 3.37. The van der Waals surface area contributed by atoms with E-state index in [1.54, 1.807) is 0 Å². The Balaban J connectivity index is 2.92. The fourth-order valence-corrected chi connectivity index (χ4v) is 2.45. The highest BCUT2D eigenvalue weighted by Crippen LogP contribution is 2.14. The third-order valence-corrected chi connectivity index (χ3v) is 4.10. The summed E-state index contributed by atoms with van der Waals surface area (Å²) in [5.41, 5.74) is 5.88. The lowest BCUT2D eigenvalue weighted by molar-refractivity contribution is 0.875. The van der Waals surface area contributed by atoms with E-state index in [0.717, 1.165) is 17.1 Å². The highest BCUT2D eigenvalue weighted by atomic mass is 32.1. The lowest BCUT2D eigenvalue weighted by Crippen LogP contribution is -2.12. The fraction of sp³-hybridized carbons (Fsp3) is 0.250. The van der Waals surface area contributed by atoms with E-state index in [-0.39, 0.29) is 0 Å². The van der Waals surface area contributed by atoms with Gasteiger partial charge in [0.15, 0.2) is 0 Å². The molecule has 0 aliphatic heterocycles.